The molecule has 3 aromatic rings. The highest BCUT2D eigenvalue weighted by atomic mass is 16.5. The SMILES string of the molecule is COc1ccc(C(N)[C@H](C(=O)O)C(=O)OCC2c3ccccc3-c3ccccc32)cn1. The summed E-state index contributed by atoms with van der Waals surface area (Å²) >= 11 is 0. The largest absolute Gasteiger partial charge is 0.481 e. The van der Waals surface area contributed by atoms with Crippen molar-refractivity contribution in [1.82, 2.24) is 4.98 Å². The second-order valence-electron chi connectivity index (χ2n) is 7.33. The number of ether oxygens (including phenoxy) is 2. The number of nitrogens with zero attached hydrogens (tertiary/aromatic N) is 1. The number of aromatic nitrogens is 1. The van der Waals surface area contributed by atoms with Crippen LogP contribution in [0.1, 0.15) is 28.7 Å². The number of rotatable bonds is 7. The summed E-state index contributed by atoms with van der Waals surface area (Å²) in [6.45, 7) is 0.0320. The highest BCUT2D eigenvalue weighted by Crippen LogP contribution is 2.44. The van der Waals surface area contributed by atoms with E-state index in [1.54, 1.807) is 12.1 Å². The molecule has 0 saturated heterocycles. The molecule has 3 N–H and O–H groups in total. The average Bonchev–Trinajstić information content (AvgIpc) is 3.11. The molecule has 1 aromatic heterocycles. The molecule has 0 saturated carbocycles. The molecule has 0 amide bonds. The van der Waals surface area contributed by atoms with E-state index in [1.807, 2.05) is 48.5 Å². The average molecular weight is 418 g/mol. The zero-order chi connectivity index (χ0) is 22.0. The maximum Gasteiger partial charge on any atom is 0.322 e. The van der Waals surface area contributed by atoms with Crippen LogP contribution in [0.3, 0.4) is 0 Å². The number of pyridine rings is 1. The first kappa shape index (κ1) is 20.6. The number of nitrogens with two attached hydrogens (primary N) is 1. The molecule has 0 aliphatic heterocycles. The van der Waals surface area contributed by atoms with Gasteiger partial charge in [-0.1, -0.05) is 54.6 Å². The van der Waals surface area contributed by atoms with E-state index in [0.29, 0.717) is 11.4 Å². The van der Waals surface area contributed by atoms with Crippen LogP contribution in [-0.4, -0.2) is 35.7 Å². The van der Waals surface area contributed by atoms with Crippen LogP contribution in [-0.2, 0) is 14.3 Å². The number of benzene rings is 2. The molecule has 1 unspecified atom stereocenters. The lowest BCUT2D eigenvalue weighted by molar-refractivity contribution is -0.160. The van der Waals surface area contributed by atoms with Crippen molar-refractivity contribution >= 4 is 11.9 Å². The van der Waals surface area contributed by atoms with E-state index < -0.39 is 23.9 Å². The van der Waals surface area contributed by atoms with Gasteiger partial charge in [0.2, 0.25) is 5.88 Å². The molecule has 7 nitrogen and oxygen atoms in total. The first-order valence-electron chi connectivity index (χ1n) is 9.84. The van der Waals surface area contributed by atoms with Gasteiger partial charge in [0, 0.05) is 18.2 Å². The maximum absolute atomic E-state index is 12.8. The topological polar surface area (TPSA) is 112 Å². The standard InChI is InChI=1S/C24H22N2O5/c1-30-20-11-10-14(12-26-20)22(25)21(23(27)28)24(29)31-13-19-17-8-4-2-6-15(17)16-7-3-5-9-18(16)19/h2-12,19,21-22H,13,25H2,1H3,(H,27,28)/t21-,22?/m1/s1. The molecule has 2 atom stereocenters. The van der Waals surface area contributed by atoms with E-state index in [9.17, 15) is 14.7 Å². The third-order valence-electron chi connectivity index (χ3n) is 5.59. The summed E-state index contributed by atoms with van der Waals surface area (Å²) in [6.07, 6.45) is 1.40. The van der Waals surface area contributed by atoms with Gasteiger partial charge in [-0.15, -0.1) is 0 Å². The summed E-state index contributed by atoms with van der Waals surface area (Å²) in [5.74, 6) is -3.58. The number of hydrogen-bond donors (Lipinski definition) is 2. The van der Waals surface area contributed by atoms with Gasteiger partial charge in [-0.2, -0.15) is 0 Å². The highest BCUT2D eigenvalue weighted by Gasteiger charge is 2.37. The molecule has 31 heavy (non-hydrogen) atoms. The van der Waals surface area contributed by atoms with Crippen molar-refractivity contribution in [1.29, 1.82) is 0 Å². The van der Waals surface area contributed by atoms with E-state index in [1.165, 1.54) is 13.3 Å². The number of hydrogen-bond acceptors (Lipinski definition) is 6. The molecule has 4 rings (SSSR count). The fourth-order valence-electron chi connectivity index (χ4n) is 4.00. The van der Waals surface area contributed by atoms with Crippen molar-refractivity contribution in [2.45, 2.75) is 12.0 Å². The van der Waals surface area contributed by atoms with Gasteiger partial charge in [0.15, 0.2) is 5.92 Å². The van der Waals surface area contributed by atoms with Crippen molar-refractivity contribution in [2.24, 2.45) is 11.7 Å². The Morgan fingerprint density at radius 1 is 1.03 bits per heavy atom. The summed E-state index contributed by atoms with van der Waals surface area (Å²) in [4.78, 5) is 28.7. The van der Waals surface area contributed by atoms with Gasteiger partial charge in [-0.25, -0.2) is 4.98 Å². The molecule has 0 spiro atoms. The minimum atomic E-state index is -1.55. The molecule has 1 heterocycles. The molecular weight excluding hydrogens is 396 g/mol. The molecule has 0 bridgehead atoms. The quantitative estimate of drug-likeness (QED) is 0.448. The minimum Gasteiger partial charge on any atom is -0.481 e. The fraction of sp³-hybridized carbons (Fsp3) is 0.208. The summed E-state index contributed by atoms with van der Waals surface area (Å²) in [7, 11) is 1.47. The van der Waals surface area contributed by atoms with Crippen molar-refractivity contribution < 1.29 is 24.2 Å². The molecular formula is C24H22N2O5. The number of esters is 1. The van der Waals surface area contributed by atoms with Gasteiger partial charge in [-0.05, 0) is 27.8 Å². The summed E-state index contributed by atoms with van der Waals surface area (Å²) < 4.78 is 10.5. The lowest BCUT2D eigenvalue weighted by Gasteiger charge is -2.21. The fourth-order valence-corrected chi connectivity index (χ4v) is 4.00. The predicted octanol–water partition coefficient (Wildman–Crippen LogP) is 3.15. The second-order valence-corrected chi connectivity index (χ2v) is 7.33. The van der Waals surface area contributed by atoms with Crippen LogP contribution in [0.15, 0.2) is 66.9 Å². The van der Waals surface area contributed by atoms with Crippen LogP contribution >= 0.6 is 0 Å². The Morgan fingerprint density at radius 3 is 2.16 bits per heavy atom. The first-order chi connectivity index (χ1) is 15.0. The Hall–Kier alpha value is -3.71. The zero-order valence-electron chi connectivity index (χ0n) is 16.9. The maximum atomic E-state index is 12.8. The minimum absolute atomic E-state index is 0.0320. The second kappa shape index (κ2) is 8.57. The number of carboxylic acids is 1. The number of aliphatic carboxylic acids is 1. The van der Waals surface area contributed by atoms with Crippen molar-refractivity contribution in [3.8, 4) is 17.0 Å². The van der Waals surface area contributed by atoms with Crippen LogP contribution in [0.4, 0.5) is 0 Å². The number of carbonyl (C=O) groups is 2. The molecule has 1 aliphatic carbocycles. The Labute approximate surface area is 179 Å². The third kappa shape index (κ3) is 3.87. The lowest BCUT2D eigenvalue weighted by Crippen LogP contribution is -2.36. The van der Waals surface area contributed by atoms with E-state index in [0.717, 1.165) is 22.3 Å². The summed E-state index contributed by atoms with van der Waals surface area (Å²) in [5.41, 5.74) is 10.8. The van der Waals surface area contributed by atoms with Crippen LogP contribution < -0.4 is 10.5 Å². The lowest BCUT2D eigenvalue weighted by atomic mass is 9.94. The molecule has 2 aromatic carbocycles. The van der Waals surface area contributed by atoms with Gasteiger partial charge in [-0.3, -0.25) is 9.59 Å². The molecule has 0 fully saturated rings. The zero-order valence-corrected chi connectivity index (χ0v) is 16.9. The molecule has 1 aliphatic rings. The van der Waals surface area contributed by atoms with Crippen LogP contribution in [0, 0.1) is 5.92 Å². The number of methoxy groups -OCH3 is 1. The van der Waals surface area contributed by atoms with Gasteiger partial charge < -0.3 is 20.3 Å². The Morgan fingerprint density at radius 2 is 1.65 bits per heavy atom. The normalized spacial score (nSPS) is 14.3. The molecule has 7 heteroatoms. The third-order valence-corrected chi connectivity index (χ3v) is 5.59. The van der Waals surface area contributed by atoms with Crippen molar-refractivity contribution in [2.75, 3.05) is 13.7 Å². The number of carbonyl (C=O) groups excluding carboxylic acids is 1. The highest BCUT2D eigenvalue weighted by molar-refractivity contribution is 5.95. The smallest absolute Gasteiger partial charge is 0.322 e. The van der Waals surface area contributed by atoms with Gasteiger partial charge in [0.05, 0.1) is 13.2 Å². The Kier molecular flexibility index (Phi) is 5.68. The number of carboxylic acid groups (broad SMARTS) is 1. The van der Waals surface area contributed by atoms with Crippen LogP contribution in [0.5, 0.6) is 5.88 Å². The Bertz CT molecular complexity index is 1070. The van der Waals surface area contributed by atoms with Gasteiger partial charge in [0.25, 0.3) is 0 Å². The van der Waals surface area contributed by atoms with Gasteiger partial charge >= 0.3 is 11.9 Å². The van der Waals surface area contributed by atoms with E-state index in [-0.39, 0.29) is 12.5 Å². The van der Waals surface area contributed by atoms with E-state index in [2.05, 4.69) is 4.98 Å². The molecule has 158 valence electrons. The summed E-state index contributed by atoms with van der Waals surface area (Å²) in [6, 6.07) is 17.9. The van der Waals surface area contributed by atoms with Crippen LogP contribution in [0.25, 0.3) is 11.1 Å². The van der Waals surface area contributed by atoms with Gasteiger partial charge in [0.1, 0.15) is 6.61 Å². The monoisotopic (exact) mass is 418 g/mol. The summed E-state index contributed by atoms with van der Waals surface area (Å²) in [5, 5.41) is 9.66. The van der Waals surface area contributed by atoms with Crippen molar-refractivity contribution in [3.63, 3.8) is 0 Å². The van der Waals surface area contributed by atoms with E-state index in [4.69, 9.17) is 15.2 Å². The van der Waals surface area contributed by atoms with E-state index >= 15 is 0 Å². The Balaban J connectivity index is 1.53. The predicted molar refractivity (Wildman–Crippen MR) is 114 cm³/mol. The molecule has 0 radical (unpaired) electrons. The first-order valence-corrected chi connectivity index (χ1v) is 9.84. The number of fused-ring (bicyclic) bond motifs is 3. The van der Waals surface area contributed by atoms with Crippen LogP contribution in [0.2, 0.25) is 0 Å². The van der Waals surface area contributed by atoms with Crippen molar-refractivity contribution in [3.05, 3.63) is 83.6 Å².